The maximum atomic E-state index is 12.0. The predicted molar refractivity (Wildman–Crippen MR) is 91.9 cm³/mol. The molecule has 0 atom stereocenters. The molecule has 7 heteroatoms. The van der Waals surface area contributed by atoms with Crippen molar-refractivity contribution in [1.82, 2.24) is 15.8 Å². The van der Waals surface area contributed by atoms with E-state index in [0.717, 1.165) is 37.7 Å². The lowest BCUT2D eigenvalue weighted by Gasteiger charge is -2.03. The highest BCUT2D eigenvalue weighted by Crippen LogP contribution is 2.19. The second-order valence-corrected chi connectivity index (χ2v) is 5.70. The fraction of sp³-hybridized carbons (Fsp3) is 0.389. The highest BCUT2D eigenvalue weighted by atomic mass is 16.5. The Bertz CT molecular complexity index is 670. The third-order valence-electron chi connectivity index (χ3n) is 3.75. The van der Waals surface area contributed by atoms with Crippen LogP contribution in [0.15, 0.2) is 40.9 Å². The Kier molecular flexibility index (Phi) is 7.65. The number of nitrogens with one attached hydrogen (secondary N) is 2. The Hall–Kier alpha value is -2.67. The number of amides is 2. The molecule has 134 valence electrons. The molecule has 0 aliphatic heterocycles. The van der Waals surface area contributed by atoms with Crippen LogP contribution in [-0.4, -0.2) is 28.6 Å². The van der Waals surface area contributed by atoms with Gasteiger partial charge < -0.3 is 9.73 Å². The van der Waals surface area contributed by atoms with Crippen molar-refractivity contribution < 1.29 is 19.2 Å². The summed E-state index contributed by atoms with van der Waals surface area (Å²) in [7, 11) is 0. The number of hydrogen-bond donors (Lipinski definition) is 3. The predicted octanol–water partition coefficient (Wildman–Crippen LogP) is 2.92. The molecule has 1 aromatic carbocycles. The van der Waals surface area contributed by atoms with Crippen molar-refractivity contribution in [3.8, 4) is 11.3 Å². The van der Waals surface area contributed by atoms with Crippen LogP contribution >= 0.6 is 0 Å². The van der Waals surface area contributed by atoms with E-state index in [9.17, 15) is 9.59 Å². The Balaban J connectivity index is 1.61. The van der Waals surface area contributed by atoms with Crippen LogP contribution in [0, 0.1) is 0 Å². The number of nitrogens with zero attached hydrogens (tertiary/aromatic N) is 1. The molecule has 0 unspecified atom stereocenters. The monoisotopic (exact) mass is 345 g/mol. The fourth-order valence-corrected chi connectivity index (χ4v) is 2.39. The molecule has 2 rings (SSSR count). The smallest absolute Gasteiger partial charge is 0.307 e. The molecule has 7 nitrogen and oxygen atoms in total. The van der Waals surface area contributed by atoms with Gasteiger partial charge in [-0.15, -0.1) is 0 Å². The molecule has 2 aromatic rings. The molecule has 0 bridgehead atoms. The van der Waals surface area contributed by atoms with E-state index in [2.05, 4.69) is 10.3 Å². The molecule has 0 saturated heterocycles. The van der Waals surface area contributed by atoms with Gasteiger partial charge in [0.25, 0.3) is 5.89 Å². The molecule has 0 spiro atoms. The Morgan fingerprint density at radius 3 is 2.52 bits per heavy atom. The number of aromatic nitrogens is 1. The van der Waals surface area contributed by atoms with Crippen molar-refractivity contribution in [2.24, 2.45) is 0 Å². The summed E-state index contributed by atoms with van der Waals surface area (Å²) >= 11 is 0. The molecule has 0 saturated carbocycles. The van der Waals surface area contributed by atoms with Crippen LogP contribution < -0.4 is 10.8 Å². The van der Waals surface area contributed by atoms with Gasteiger partial charge in [0.15, 0.2) is 5.76 Å². The van der Waals surface area contributed by atoms with E-state index >= 15 is 0 Å². The van der Waals surface area contributed by atoms with E-state index in [1.54, 1.807) is 11.7 Å². The number of carbonyl (C=O) groups excluding carboxylic acids is 2. The van der Waals surface area contributed by atoms with Gasteiger partial charge in [-0.1, -0.05) is 49.6 Å². The van der Waals surface area contributed by atoms with Crippen LogP contribution in [0.1, 0.15) is 49.2 Å². The Morgan fingerprint density at radius 1 is 1.04 bits per heavy atom. The fourth-order valence-electron chi connectivity index (χ4n) is 2.39. The lowest BCUT2D eigenvalue weighted by atomic mass is 10.1. The largest absolute Gasteiger partial charge is 0.432 e. The maximum Gasteiger partial charge on any atom is 0.307 e. The minimum Gasteiger partial charge on any atom is -0.432 e. The molecule has 3 N–H and O–H groups in total. The number of benzene rings is 1. The van der Waals surface area contributed by atoms with Gasteiger partial charge in [0, 0.05) is 18.5 Å². The van der Waals surface area contributed by atoms with Crippen LogP contribution in [-0.2, 0) is 4.79 Å². The van der Waals surface area contributed by atoms with E-state index in [1.807, 2.05) is 30.3 Å². The number of hydroxylamine groups is 1. The zero-order valence-corrected chi connectivity index (χ0v) is 14.0. The first-order valence-electron chi connectivity index (χ1n) is 8.43. The van der Waals surface area contributed by atoms with E-state index in [1.165, 1.54) is 0 Å². The van der Waals surface area contributed by atoms with Gasteiger partial charge in [-0.05, 0) is 12.8 Å². The lowest BCUT2D eigenvalue weighted by molar-refractivity contribution is -0.129. The second-order valence-electron chi connectivity index (χ2n) is 5.70. The lowest BCUT2D eigenvalue weighted by Crippen LogP contribution is -2.24. The zero-order chi connectivity index (χ0) is 17.9. The number of hydrogen-bond acceptors (Lipinski definition) is 5. The molecule has 0 aliphatic carbocycles. The van der Waals surface area contributed by atoms with E-state index in [0.29, 0.717) is 18.7 Å². The topological polar surface area (TPSA) is 104 Å². The average Bonchev–Trinajstić information content (AvgIpc) is 3.14. The molecule has 1 heterocycles. The number of unbranched alkanes of at least 4 members (excludes halogenated alkanes) is 4. The van der Waals surface area contributed by atoms with Crippen molar-refractivity contribution in [3.05, 3.63) is 42.4 Å². The van der Waals surface area contributed by atoms with Crippen LogP contribution in [0.4, 0.5) is 0 Å². The molecule has 1 aromatic heterocycles. The van der Waals surface area contributed by atoms with Crippen molar-refractivity contribution in [2.45, 2.75) is 38.5 Å². The van der Waals surface area contributed by atoms with Crippen LogP contribution in [0.25, 0.3) is 11.3 Å². The number of oxazole rings is 1. The molecular formula is C18H23N3O4. The molecule has 2 amide bonds. The van der Waals surface area contributed by atoms with Crippen molar-refractivity contribution >= 4 is 11.8 Å². The summed E-state index contributed by atoms with van der Waals surface area (Å²) in [6.45, 7) is 0.555. The summed E-state index contributed by atoms with van der Waals surface area (Å²) < 4.78 is 5.49. The summed E-state index contributed by atoms with van der Waals surface area (Å²) in [5, 5.41) is 11.2. The third kappa shape index (κ3) is 6.39. The Morgan fingerprint density at radius 2 is 1.76 bits per heavy atom. The van der Waals surface area contributed by atoms with Gasteiger partial charge in [0.05, 0.1) is 6.20 Å². The van der Waals surface area contributed by atoms with E-state index < -0.39 is 0 Å². The first-order valence-corrected chi connectivity index (χ1v) is 8.43. The summed E-state index contributed by atoms with van der Waals surface area (Å²) in [6, 6.07) is 9.50. The van der Waals surface area contributed by atoms with Gasteiger partial charge >= 0.3 is 5.91 Å². The highest BCUT2D eigenvalue weighted by molar-refractivity contribution is 5.89. The van der Waals surface area contributed by atoms with Gasteiger partial charge in [0.1, 0.15) is 0 Å². The van der Waals surface area contributed by atoms with Crippen molar-refractivity contribution in [2.75, 3.05) is 6.54 Å². The molecular weight excluding hydrogens is 322 g/mol. The third-order valence-corrected chi connectivity index (χ3v) is 3.75. The van der Waals surface area contributed by atoms with E-state index in [-0.39, 0.29) is 17.7 Å². The van der Waals surface area contributed by atoms with Crippen molar-refractivity contribution in [1.29, 1.82) is 0 Å². The molecule has 0 fully saturated rings. The number of carbonyl (C=O) groups is 2. The number of rotatable bonds is 10. The summed E-state index contributed by atoms with van der Waals surface area (Å²) in [4.78, 5) is 26.8. The van der Waals surface area contributed by atoms with Gasteiger partial charge in [0.2, 0.25) is 5.91 Å². The summed E-state index contributed by atoms with van der Waals surface area (Å²) in [6.07, 6.45) is 6.34. The van der Waals surface area contributed by atoms with Crippen LogP contribution in [0.5, 0.6) is 0 Å². The average molecular weight is 345 g/mol. The molecule has 0 radical (unpaired) electrons. The van der Waals surface area contributed by atoms with Gasteiger partial charge in [-0.25, -0.2) is 10.5 Å². The maximum absolute atomic E-state index is 12.0. The van der Waals surface area contributed by atoms with Gasteiger partial charge in [-0.3, -0.25) is 14.8 Å². The van der Waals surface area contributed by atoms with Crippen molar-refractivity contribution in [3.63, 3.8) is 0 Å². The highest BCUT2D eigenvalue weighted by Gasteiger charge is 2.13. The summed E-state index contributed by atoms with van der Waals surface area (Å²) in [5.41, 5.74) is 2.49. The summed E-state index contributed by atoms with van der Waals surface area (Å²) in [5.74, 6) is -0.0404. The normalized spacial score (nSPS) is 10.4. The minimum atomic E-state index is -0.354. The first kappa shape index (κ1) is 18.7. The standard InChI is InChI=1S/C18H23N3O4/c22-16(21-24)11-7-2-1-3-8-12-19-17(23)18-20-13-15(25-18)14-9-5-4-6-10-14/h4-6,9-10,13,24H,1-3,7-8,11-12H2,(H,19,23)(H,21,22). The Labute approximate surface area is 146 Å². The quantitative estimate of drug-likeness (QED) is 0.349. The van der Waals surface area contributed by atoms with Crippen LogP contribution in [0.2, 0.25) is 0 Å². The SMILES string of the molecule is O=C(CCCCCCCNC(=O)c1ncc(-c2ccccc2)o1)NO. The zero-order valence-electron chi connectivity index (χ0n) is 14.0. The van der Waals surface area contributed by atoms with E-state index in [4.69, 9.17) is 9.62 Å². The first-order chi connectivity index (χ1) is 12.2. The molecule has 0 aliphatic rings. The minimum absolute atomic E-state index is 0.0638. The van der Waals surface area contributed by atoms with Gasteiger partial charge in [-0.2, -0.15) is 0 Å². The molecule has 25 heavy (non-hydrogen) atoms. The van der Waals surface area contributed by atoms with Crippen LogP contribution in [0.3, 0.4) is 0 Å². The second kappa shape index (κ2) is 10.2.